The van der Waals surface area contributed by atoms with E-state index in [-0.39, 0.29) is 23.0 Å². The molecule has 40 heavy (non-hydrogen) atoms. The number of carbonyl (C=O) groups is 2. The Labute approximate surface area is 243 Å². The molecule has 226 valence electrons. The number of hydrogen-bond donors (Lipinski definition) is 1. The van der Waals surface area contributed by atoms with Gasteiger partial charge in [-0.05, 0) is 118 Å². The monoisotopic (exact) mass is 555 g/mol. The molecule has 1 aliphatic heterocycles. The molecule has 0 bridgehead atoms. The molecule has 6 aliphatic rings. The van der Waals surface area contributed by atoms with Crippen molar-refractivity contribution in [2.24, 2.45) is 45.8 Å². The Kier molecular flexibility index (Phi) is 7.42. The Morgan fingerprint density at radius 1 is 0.850 bits per heavy atom. The van der Waals surface area contributed by atoms with Crippen LogP contribution in [0.4, 0.5) is 0 Å². The first-order chi connectivity index (χ1) is 19.1. The molecule has 0 radical (unpaired) electrons. The number of fused-ring (bicyclic) bond motifs is 7. The number of likely N-dealkylation sites (N-methyl/N-ethyl adjacent to an activating group) is 1. The number of ether oxygens (including phenoxy) is 1. The summed E-state index contributed by atoms with van der Waals surface area (Å²) in [5.41, 5.74) is 0.520. The molecule has 10 unspecified atom stereocenters. The average Bonchev–Trinajstić information content (AvgIpc) is 3.40. The Morgan fingerprint density at radius 2 is 1.55 bits per heavy atom. The van der Waals surface area contributed by atoms with Gasteiger partial charge in [-0.15, -0.1) is 0 Å². The first kappa shape index (κ1) is 29.0. The molecular weight excluding hydrogens is 498 g/mol. The molecule has 0 aromatic heterocycles. The zero-order valence-corrected chi connectivity index (χ0v) is 26.4. The molecule has 0 spiro atoms. The molecule has 0 aromatic rings. The summed E-state index contributed by atoms with van der Waals surface area (Å²) in [6.07, 6.45) is 13.0. The second-order valence-corrected chi connectivity index (χ2v) is 15.5. The SMILES string of the molecule is CCN1CCN(C(=O)C23CCCC2C2(NC)CCC4C5(C)CCC(OC(C)=O)C(C)C5CCC4(C)C2CC3)CC1. The van der Waals surface area contributed by atoms with Crippen LogP contribution in [0, 0.1) is 45.8 Å². The minimum Gasteiger partial charge on any atom is -0.462 e. The summed E-state index contributed by atoms with van der Waals surface area (Å²) >= 11 is 0. The average molecular weight is 556 g/mol. The minimum atomic E-state index is -0.158. The number of hydrogen-bond acceptors (Lipinski definition) is 5. The van der Waals surface area contributed by atoms with E-state index in [0.29, 0.717) is 46.3 Å². The van der Waals surface area contributed by atoms with Gasteiger partial charge in [-0.1, -0.05) is 34.1 Å². The minimum absolute atomic E-state index is 0.0741. The Hall–Kier alpha value is -1.14. The van der Waals surface area contributed by atoms with E-state index in [0.717, 1.165) is 52.0 Å². The lowest BCUT2D eigenvalue weighted by Crippen LogP contribution is -2.72. The summed E-state index contributed by atoms with van der Waals surface area (Å²) in [5.74, 6) is 3.23. The van der Waals surface area contributed by atoms with Crippen LogP contribution < -0.4 is 5.32 Å². The summed E-state index contributed by atoms with van der Waals surface area (Å²) < 4.78 is 5.83. The van der Waals surface area contributed by atoms with E-state index < -0.39 is 0 Å². The van der Waals surface area contributed by atoms with Gasteiger partial charge in [0.15, 0.2) is 0 Å². The van der Waals surface area contributed by atoms with Crippen LogP contribution in [0.2, 0.25) is 0 Å². The molecule has 6 fully saturated rings. The third-order valence-electron chi connectivity index (χ3n) is 14.5. The quantitative estimate of drug-likeness (QED) is 0.464. The predicted octanol–water partition coefficient (Wildman–Crippen LogP) is 5.50. The molecule has 10 atom stereocenters. The van der Waals surface area contributed by atoms with Gasteiger partial charge < -0.3 is 19.9 Å². The summed E-state index contributed by atoms with van der Waals surface area (Å²) in [5, 5.41) is 4.03. The molecule has 5 saturated carbocycles. The lowest BCUT2D eigenvalue weighted by Gasteiger charge is -2.71. The molecule has 5 aliphatic carbocycles. The maximum absolute atomic E-state index is 14.5. The van der Waals surface area contributed by atoms with E-state index in [1.54, 1.807) is 6.92 Å². The maximum atomic E-state index is 14.5. The van der Waals surface area contributed by atoms with Crippen molar-refractivity contribution in [3.63, 3.8) is 0 Å². The zero-order valence-electron chi connectivity index (χ0n) is 26.4. The largest absolute Gasteiger partial charge is 0.462 e. The molecule has 6 nitrogen and oxygen atoms in total. The summed E-state index contributed by atoms with van der Waals surface area (Å²) in [4.78, 5) is 31.1. The first-order valence-corrected chi connectivity index (χ1v) is 16.9. The highest BCUT2D eigenvalue weighted by atomic mass is 16.5. The third-order valence-corrected chi connectivity index (χ3v) is 14.5. The van der Waals surface area contributed by atoms with Crippen LogP contribution in [-0.4, -0.2) is 73.1 Å². The normalized spacial score (nSPS) is 48.9. The molecule has 1 amide bonds. The first-order valence-electron chi connectivity index (χ1n) is 16.9. The Morgan fingerprint density at radius 3 is 2.23 bits per heavy atom. The van der Waals surface area contributed by atoms with Gasteiger partial charge in [-0.3, -0.25) is 9.59 Å². The molecule has 6 heteroatoms. The number of esters is 1. The van der Waals surface area contributed by atoms with Gasteiger partial charge in [0, 0.05) is 38.6 Å². The van der Waals surface area contributed by atoms with Crippen molar-refractivity contribution in [3.05, 3.63) is 0 Å². The van der Waals surface area contributed by atoms with Gasteiger partial charge in [0.05, 0.1) is 5.41 Å². The van der Waals surface area contributed by atoms with E-state index in [2.05, 4.69) is 49.9 Å². The van der Waals surface area contributed by atoms with E-state index >= 15 is 0 Å². The number of nitrogens with zero attached hydrogens (tertiary/aromatic N) is 2. The van der Waals surface area contributed by atoms with Crippen molar-refractivity contribution in [3.8, 4) is 0 Å². The number of amides is 1. The summed E-state index contributed by atoms with van der Waals surface area (Å²) in [6, 6.07) is 0. The van der Waals surface area contributed by atoms with Crippen LogP contribution >= 0.6 is 0 Å². The molecule has 6 rings (SSSR count). The van der Waals surface area contributed by atoms with E-state index in [4.69, 9.17) is 4.74 Å². The fourth-order valence-corrected chi connectivity index (χ4v) is 12.7. The van der Waals surface area contributed by atoms with Crippen molar-refractivity contribution in [1.82, 2.24) is 15.1 Å². The number of nitrogens with one attached hydrogen (secondary N) is 1. The molecule has 1 saturated heterocycles. The highest BCUT2D eigenvalue weighted by molar-refractivity contribution is 5.84. The smallest absolute Gasteiger partial charge is 0.302 e. The van der Waals surface area contributed by atoms with Crippen molar-refractivity contribution in [2.45, 2.75) is 117 Å². The second kappa shape index (κ2) is 10.2. The predicted molar refractivity (Wildman–Crippen MR) is 159 cm³/mol. The Bertz CT molecular complexity index is 995. The lowest BCUT2D eigenvalue weighted by molar-refractivity contribution is -0.212. The summed E-state index contributed by atoms with van der Waals surface area (Å²) in [6.45, 7) is 16.4. The van der Waals surface area contributed by atoms with Crippen molar-refractivity contribution in [1.29, 1.82) is 0 Å². The van der Waals surface area contributed by atoms with Crippen molar-refractivity contribution < 1.29 is 14.3 Å². The van der Waals surface area contributed by atoms with E-state index in [9.17, 15) is 9.59 Å². The topological polar surface area (TPSA) is 61.9 Å². The number of piperazine rings is 1. The fourth-order valence-electron chi connectivity index (χ4n) is 12.7. The Balaban J connectivity index is 1.28. The van der Waals surface area contributed by atoms with E-state index in [1.807, 2.05) is 0 Å². The number of carbonyl (C=O) groups excluding carboxylic acids is 2. The van der Waals surface area contributed by atoms with Crippen LogP contribution in [0.5, 0.6) is 0 Å². The van der Waals surface area contributed by atoms with Crippen LogP contribution in [0.25, 0.3) is 0 Å². The van der Waals surface area contributed by atoms with Gasteiger partial charge in [0.1, 0.15) is 6.10 Å². The van der Waals surface area contributed by atoms with Crippen molar-refractivity contribution in [2.75, 3.05) is 39.8 Å². The van der Waals surface area contributed by atoms with Crippen molar-refractivity contribution >= 4 is 11.9 Å². The highest BCUT2D eigenvalue weighted by Gasteiger charge is 2.70. The van der Waals surface area contributed by atoms with Crippen LogP contribution in [-0.2, 0) is 14.3 Å². The van der Waals surface area contributed by atoms with Gasteiger partial charge >= 0.3 is 5.97 Å². The van der Waals surface area contributed by atoms with Crippen LogP contribution in [0.1, 0.15) is 105 Å². The fraction of sp³-hybridized carbons (Fsp3) is 0.941. The highest BCUT2D eigenvalue weighted by Crippen LogP contribution is 2.73. The lowest BCUT2D eigenvalue weighted by atomic mass is 9.36. The molecule has 0 aromatic carbocycles. The third kappa shape index (κ3) is 4.00. The van der Waals surface area contributed by atoms with Gasteiger partial charge in [-0.25, -0.2) is 0 Å². The van der Waals surface area contributed by atoms with E-state index in [1.165, 1.54) is 51.4 Å². The zero-order chi connectivity index (χ0) is 28.5. The molecule has 1 heterocycles. The number of rotatable bonds is 4. The maximum Gasteiger partial charge on any atom is 0.302 e. The second-order valence-electron chi connectivity index (χ2n) is 15.5. The van der Waals surface area contributed by atoms with Gasteiger partial charge in [-0.2, -0.15) is 0 Å². The van der Waals surface area contributed by atoms with Gasteiger partial charge in [0.2, 0.25) is 5.91 Å². The van der Waals surface area contributed by atoms with Gasteiger partial charge in [0.25, 0.3) is 0 Å². The molecule has 1 N–H and O–H groups in total. The molecular formula is C34H57N3O3. The summed E-state index contributed by atoms with van der Waals surface area (Å²) in [7, 11) is 2.23. The van der Waals surface area contributed by atoms with Crippen LogP contribution in [0.15, 0.2) is 0 Å². The standard InChI is InChI=1S/C34H57N3O3/c1-7-36-19-21-37(22-20-36)30(39)33-14-8-9-29(33)34(35-6)18-13-27-31(4)16-11-26(40-24(3)38)23(2)25(31)10-15-32(27,5)28(34)12-17-33/h23,25-29,35H,7-22H2,1-6H3. The van der Waals surface area contributed by atoms with Crippen LogP contribution in [0.3, 0.4) is 0 Å².